The largest absolute Gasteiger partial charge is 0.392 e. The number of amides is 1. The first-order valence-electron chi connectivity index (χ1n) is 9.83. The van der Waals surface area contributed by atoms with Crippen LogP contribution in [0, 0.1) is 0 Å². The molecule has 30 heavy (non-hydrogen) atoms. The summed E-state index contributed by atoms with van der Waals surface area (Å²) in [6.07, 6.45) is 2.60. The van der Waals surface area contributed by atoms with Gasteiger partial charge in [-0.3, -0.25) is 14.2 Å². The molecule has 3 aromatic rings. The number of thioether (sulfide) groups is 1. The fourth-order valence-electron chi connectivity index (χ4n) is 3.68. The van der Waals surface area contributed by atoms with E-state index < -0.39 is 6.10 Å². The number of aliphatic hydroxyl groups excluding tert-OH is 1. The SMILES string of the molecule is CC(O)Cn1c(SCC(=O)Nc2ccc3c(c2)CCC3)nc2ccc(Br)cc2c1=O. The molecule has 0 saturated heterocycles. The number of nitrogens with zero attached hydrogens (tertiary/aromatic N) is 2. The fraction of sp³-hybridized carbons (Fsp3) is 0.318. The second-order valence-corrected chi connectivity index (χ2v) is 9.35. The van der Waals surface area contributed by atoms with Gasteiger partial charge in [-0.2, -0.15) is 0 Å². The number of anilines is 1. The van der Waals surface area contributed by atoms with Crippen molar-refractivity contribution in [2.45, 2.75) is 44.0 Å². The molecule has 0 spiro atoms. The van der Waals surface area contributed by atoms with Gasteiger partial charge < -0.3 is 10.4 Å². The normalized spacial score (nSPS) is 14.0. The summed E-state index contributed by atoms with van der Waals surface area (Å²) in [5, 5.41) is 13.7. The molecule has 2 aromatic carbocycles. The number of benzene rings is 2. The molecule has 1 amide bonds. The highest BCUT2D eigenvalue weighted by Gasteiger charge is 2.16. The van der Waals surface area contributed by atoms with Crippen LogP contribution in [-0.2, 0) is 24.2 Å². The molecule has 1 unspecified atom stereocenters. The van der Waals surface area contributed by atoms with Crippen molar-refractivity contribution in [1.29, 1.82) is 0 Å². The Hall–Kier alpha value is -2.16. The molecule has 1 atom stereocenters. The molecule has 0 radical (unpaired) electrons. The molecule has 0 aliphatic heterocycles. The second-order valence-electron chi connectivity index (χ2n) is 7.49. The lowest BCUT2D eigenvalue weighted by molar-refractivity contribution is -0.113. The molecule has 0 bridgehead atoms. The number of aromatic nitrogens is 2. The first-order valence-corrected chi connectivity index (χ1v) is 11.6. The van der Waals surface area contributed by atoms with E-state index in [-0.39, 0.29) is 23.8 Å². The Kier molecular flexibility index (Phi) is 6.26. The summed E-state index contributed by atoms with van der Waals surface area (Å²) in [4.78, 5) is 30.0. The standard InChI is InChI=1S/C22H22BrN3O3S/c1-13(27)11-26-21(29)18-10-16(23)6-8-19(18)25-22(26)30-12-20(28)24-17-7-5-14-3-2-4-15(14)9-17/h5-10,13,27H,2-4,11-12H2,1H3,(H,24,28). The molecule has 1 aliphatic carbocycles. The van der Waals surface area contributed by atoms with Gasteiger partial charge in [-0.05, 0) is 67.6 Å². The molecule has 1 heterocycles. The Bertz CT molecular complexity index is 1180. The van der Waals surface area contributed by atoms with E-state index in [0.29, 0.717) is 16.1 Å². The van der Waals surface area contributed by atoms with Gasteiger partial charge in [-0.1, -0.05) is 33.8 Å². The van der Waals surface area contributed by atoms with E-state index in [1.165, 1.54) is 27.5 Å². The number of carbonyl (C=O) groups is 1. The van der Waals surface area contributed by atoms with Crippen LogP contribution in [0.15, 0.2) is 50.8 Å². The Morgan fingerprint density at radius 3 is 2.87 bits per heavy atom. The van der Waals surface area contributed by atoms with Crippen LogP contribution < -0.4 is 10.9 Å². The number of rotatable bonds is 6. The minimum absolute atomic E-state index is 0.114. The van der Waals surface area contributed by atoms with Crippen LogP contribution >= 0.6 is 27.7 Å². The van der Waals surface area contributed by atoms with Gasteiger partial charge in [0.2, 0.25) is 5.91 Å². The lowest BCUT2D eigenvalue weighted by atomic mass is 10.1. The second kappa shape index (κ2) is 8.91. The fourth-order valence-corrected chi connectivity index (χ4v) is 4.85. The molecular formula is C22H22BrN3O3S. The van der Waals surface area contributed by atoms with Crippen LogP contribution in [-0.4, -0.2) is 32.4 Å². The summed E-state index contributed by atoms with van der Waals surface area (Å²) >= 11 is 4.57. The first kappa shape index (κ1) is 21.1. The topological polar surface area (TPSA) is 84.2 Å². The smallest absolute Gasteiger partial charge is 0.262 e. The number of aryl methyl sites for hydroxylation is 2. The molecule has 1 aliphatic rings. The molecule has 0 saturated carbocycles. The third-order valence-corrected chi connectivity index (χ3v) is 6.51. The highest BCUT2D eigenvalue weighted by atomic mass is 79.9. The molecule has 6 nitrogen and oxygen atoms in total. The molecular weight excluding hydrogens is 466 g/mol. The average Bonchev–Trinajstić information content (AvgIpc) is 3.17. The van der Waals surface area contributed by atoms with Gasteiger partial charge in [0.25, 0.3) is 5.56 Å². The van der Waals surface area contributed by atoms with Crippen molar-refractivity contribution in [2.24, 2.45) is 0 Å². The number of aliphatic hydroxyl groups is 1. The minimum atomic E-state index is -0.714. The van der Waals surface area contributed by atoms with Gasteiger partial charge in [-0.25, -0.2) is 4.98 Å². The highest BCUT2D eigenvalue weighted by molar-refractivity contribution is 9.10. The van der Waals surface area contributed by atoms with Crippen molar-refractivity contribution in [3.8, 4) is 0 Å². The van der Waals surface area contributed by atoms with Gasteiger partial charge in [0.05, 0.1) is 29.3 Å². The highest BCUT2D eigenvalue weighted by Crippen LogP contribution is 2.25. The van der Waals surface area contributed by atoms with Gasteiger partial charge in [0.1, 0.15) is 0 Å². The zero-order chi connectivity index (χ0) is 21.3. The zero-order valence-electron chi connectivity index (χ0n) is 16.5. The summed E-state index contributed by atoms with van der Waals surface area (Å²) in [7, 11) is 0. The molecule has 156 valence electrons. The number of halogens is 1. The third kappa shape index (κ3) is 4.61. The van der Waals surface area contributed by atoms with Crippen molar-refractivity contribution in [2.75, 3.05) is 11.1 Å². The van der Waals surface area contributed by atoms with E-state index in [1.54, 1.807) is 19.1 Å². The summed E-state index contributed by atoms with van der Waals surface area (Å²) in [6, 6.07) is 11.4. The lowest BCUT2D eigenvalue weighted by Gasteiger charge is -2.14. The van der Waals surface area contributed by atoms with Crippen LogP contribution in [0.5, 0.6) is 0 Å². The van der Waals surface area contributed by atoms with E-state index in [9.17, 15) is 14.7 Å². The minimum Gasteiger partial charge on any atom is -0.392 e. The number of carbonyl (C=O) groups excluding carboxylic acids is 1. The zero-order valence-corrected chi connectivity index (χ0v) is 18.9. The summed E-state index contributed by atoms with van der Waals surface area (Å²) in [6.45, 7) is 1.73. The van der Waals surface area contributed by atoms with Gasteiger partial charge in [-0.15, -0.1) is 0 Å². The number of fused-ring (bicyclic) bond motifs is 2. The summed E-state index contributed by atoms with van der Waals surface area (Å²) in [5.74, 6) is -0.0440. The van der Waals surface area contributed by atoms with Crippen LogP contribution in [0.3, 0.4) is 0 Å². The summed E-state index contributed by atoms with van der Waals surface area (Å²) in [5.41, 5.74) is 3.78. The van der Waals surface area contributed by atoms with Gasteiger partial charge in [0.15, 0.2) is 5.16 Å². The van der Waals surface area contributed by atoms with Crippen molar-refractivity contribution in [1.82, 2.24) is 9.55 Å². The Balaban J connectivity index is 1.54. The van der Waals surface area contributed by atoms with Crippen molar-refractivity contribution >= 4 is 50.2 Å². The van der Waals surface area contributed by atoms with Gasteiger partial charge >= 0.3 is 0 Å². The Morgan fingerprint density at radius 2 is 2.07 bits per heavy atom. The predicted molar refractivity (Wildman–Crippen MR) is 123 cm³/mol. The molecule has 0 fully saturated rings. The van der Waals surface area contributed by atoms with Crippen molar-refractivity contribution in [3.05, 3.63) is 62.4 Å². The van der Waals surface area contributed by atoms with Crippen LogP contribution in [0.1, 0.15) is 24.5 Å². The Morgan fingerprint density at radius 1 is 1.27 bits per heavy atom. The maximum atomic E-state index is 13.0. The maximum Gasteiger partial charge on any atom is 0.262 e. The first-order chi connectivity index (χ1) is 14.4. The van der Waals surface area contributed by atoms with Crippen molar-refractivity contribution < 1.29 is 9.90 Å². The quantitative estimate of drug-likeness (QED) is 0.408. The van der Waals surface area contributed by atoms with Gasteiger partial charge in [0, 0.05) is 10.2 Å². The van der Waals surface area contributed by atoms with E-state index in [0.717, 1.165) is 29.4 Å². The monoisotopic (exact) mass is 487 g/mol. The van der Waals surface area contributed by atoms with E-state index in [2.05, 4.69) is 32.3 Å². The molecule has 2 N–H and O–H groups in total. The number of nitrogens with one attached hydrogen (secondary N) is 1. The Labute approximate surface area is 186 Å². The number of hydrogen-bond acceptors (Lipinski definition) is 5. The average molecular weight is 488 g/mol. The maximum absolute atomic E-state index is 13.0. The molecule has 1 aromatic heterocycles. The predicted octanol–water partition coefficient (Wildman–Crippen LogP) is 3.76. The third-order valence-electron chi connectivity index (χ3n) is 5.04. The molecule has 8 heteroatoms. The van der Waals surface area contributed by atoms with E-state index in [4.69, 9.17) is 0 Å². The molecule has 4 rings (SSSR count). The van der Waals surface area contributed by atoms with Crippen LogP contribution in [0.2, 0.25) is 0 Å². The summed E-state index contributed by atoms with van der Waals surface area (Å²) < 4.78 is 2.22. The van der Waals surface area contributed by atoms with Crippen LogP contribution in [0.25, 0.3) is 10.9 Å². The van der Waals surface area contributed by atoms with E-state index >= 15 is 0 Å². The lowest BCUT2D eigenvalue weighted by Crippen LogP contribution is -2.28. The van der Waals surface area contributed by atoms with Crippen molar-refractivity contribution in [3.63, 3.8) is 0 Å². The van der Waals surface area contributed by atoms with Crippen LogP contribution in [0.4, 0.5) is 5.69 Å². The number of hydrogen-bond donors (Lipinski definition) is 2. The van der Waals surface area contributed by atoms with E-state index in [1.807, 2.05) is 18.2 Å².